The molecule has 0 saturated carbocycles. The van der Waals surface area contributed by atoms with Gasteiger partial charge in [-0.25, -0.2) is 4.79 Å². The Hall–Kier alpha value is -3.62. The summed E-state index contributed by atoms with van der Waals surface area (Å²) in [5, 5.41) is 5.49. The summed E-state index contributed by atoms with van der Waals surface area (Å²) in [4.78, 5) is 42.0. The summed E-state index contributed by atoms with van der Waals surface area (Å²) in [6.45, 7) is 0.800. The zero-order chi connectivity index (χ0) is 20.9. The smallest absolute Gasteiger partial charge is 0.325 e. The Bertz CT molecular complexity index is 950. The molecule has 1 aromatic heterocycles. The van der Waals surface area contributed by atoms with Crippen molar-refractivity contribution >= 4 is 17.8 Å². The molecule has 9 nitrogen and oxygen atoms in total. The van der Waals surface area contributed by atoms with Gasteiger partial charge in [0.2, 0.25) is 12.7 Å². The molecule has 2 aromatic rings. The van der Waals surface area contributed by atoms with Gasteiger partial charge in [0, 0.05) is 25.4 Å². The highest BCUT2D eigenvalue weighted by molar-refractivity contribution is 6.04. The molecule has 0 radical (unpaired) electrons. The molecule has 0 aliphatic carbocycles. The number of aromatic nitrogens is 1. The van der Waals surface area contributed by atoms with Crippen LogP contribution in [0.3, 0.4) is 0 Å². The standard InChI is InChI=1S/C21H22N4O5/c26-19(23-10-7-14-5-8-22-9-6-14)4-2-16-20(27)25(21(28)24-16)12-15-1-3-17-18(11-15)30-13-29-17/h1,3,5-6,8-9,11,16H,2,4,7,10,12-13H2,(H,23,26)(H,24,28). The molecule has 1 atom stereocenters. The third kappa shape index (κ3) is 4.51. The Labute approximate surface area is 173 Å². The number of nitrogens with zero attached hydrogens (tertiary/aromatic N) is 2. The van der Waals surface area contributed by atoms with Crippen molar-refractivity contribution in [2.75, 3.05) is 13.3 Å². The molecule has 4 rings (SSSR count). The highest BCUT2D eigenvalue weighted by Crippen LogP contribution is 2.33. The number of amides is 4. The molecule has 0 spiro atoms. The second kappa shape index (κ2) is 8.81. The van der Waals surface area contributed by atoms with Gasteiger partial charge in [-0.05, 0) is 48.2 Å². The van der Waals surface area contributed by atoms with E-state index in [-0.39, 0.29) is 38.0 Å². The van der Waals surface area contributed by atoms with E-state index < -0.39 is 12.1 Å². The van der Waals surface area contributed by atoms with Crippen molar-refractivity contribution in [2.45, 2.75) is 31.8 Å². The minimum absolute atomic E-state index is 0.135. The molecule has 30 heavy (non-hydrogen) atoms. The molecular weight excluding hydrogens is 388 g/mol. The van der Waals surface area contributed by atoms with Crippen LogP contribution in [0.4, 0.5) is 4.79 Å². The number of carbonyl (C=O) groups is 3. The number of fused-ring (bicyclic) bond motifs is 1. The van der Waals surface area contributed by atoms with Crippen molar-refractivity contribution < 1.29 is 23.9 Å². The van der Waals surface area contributed by atoms with E-state index in [2.05, 4.69) is 15.6 Å². The summed E-state index contributed by atoms with van der Waals surface area (Å²) in [6.07, 6.45) is 4.53. The molecule has 1 unspecified atom stereocenters. The van der Waals surface area contributed by atoms with Crippen LogP contribution in [0.15, 0.2) is 42.7 Å². The van der Waals surface area contributed by atoms with Gasteiger partial charge in [-0.15, -0.1) is 0 Å². The van der Waals surface area contributed by atoms with Crippen molar-refractivity contribution in [3.8, 4) is 11.5 Å². The summed E-state index contributed by atoms with van der Waals surface area (Å²) in [5.41, 5.74) is 1.85. The lowest BCUT2D eigenvalue weighted by molar-refractivity contribution is -0.128. The number of nitrogens with one attached hydrogen (secondary N) is 2. The number of imide groups is 1. The number of carbonyl (C=O) groups excluding carboxylic acids is 3. The lowest BCUT2D eigenvalue weighted by Gasteiger charge is -2.13. The molecule has 2 N–H and O–H groups in total. The molecule has 156 valence electrons. The number of hydrogen-bond donors (Lipinski definition) is 2. The van der Waals surface area contributed by atoms with E-state index in [1.54, 1.807) is 30.6 Å². The quantitative estimate of drug-likeness (QED) is 0.636. The monoisotopic (exact) mass is 410 g/mol. The Morgan fingerprint density at radius 3 is 2.77 bits per heavy atom. The second-order valence-corrected chi connectivity index (χ2v) is 7.11. The lowest BCUT2D eigenvalue weighted by atomic mass is 10.1. The van der Waals surface area contributed by atoms with Crippen molar-refractivity contribution in [2.24, 2.45) is 0 Å². The van der Waals surface area contributed by atoms with Crippen molar-refractivity contribution in [1.82, 2.24) is 20.5 Å². The van der Waals surface area contributed by atoms with E-state index in [4.69, 9.17) is 9.47 Å². The fraction of sp³-hybridized carbons (Fsp3) is 0.333. The first kappa shape index (κ1) is 19.7. The first-order chi connectivity index (χ1) is 14.6. The zero-order valence-electron chi connectivity index (χ0n) is 16.3. The number of urea groups is 1. The van der Waals surface area contributed by atoms with Gasteiger partial charge in [-0.1, -0.05) is 6.07 Å². The average Bonchev–Trinajstić information content (AvgIpc) is 3.32. The molecule has 1 fully saturated rings. The largest absolute Gasteiger partial charge is 0.454 e. The van der Waals surface area contributed by atoms with Crippen LogP contribution in [-0.2, 0) is 22.6 Å². The van der Waals surface area contributed by atoms with E-state index in [1.807, 2.05) is 12.1 Å². The number of benzene rings is 1. The van der Waals surface area contributed by atoms with Crippen LogP contribution in [-0.4, -0.2) is 47.1 Å². The SMILES string of the molecule is O=C(CCC1NC(=O)N(Cc2ccc3c(c2)OCO3)C1=O)NCCc1ccncc1. The van der Waals surface area contributed by atoms with Crippen LogP contribution in [0.5, 0.6) is 11.5 Å². The fourth-order valence-corrected chi connectivity index (χ4v) is 3.40. The van der Waals surface area contributed by atoms with E-state index in [0.29, 0.717) is 24.5 Å². The average molecular weight is 410 g/mol. The van der Waals surface area contributed by atoms with Crippen molar-refractivity contribution in [3.63, 3.8) is 0 Å². The lowest BCUT2D eigenvalue weighted by Crippen LogP contribution is -2.33. The normalized spacial score (nSPS) is 17.2. The number of pyridine rings is 1. The number of ether oxygens (including phenoxy) is 2. The summed E-state index contributed by atoms with van der Waals surface area (Å²) in [5.74, 6) is 0.755. The van der Waals surface area contributed by atoms with E-state index >= 15 is 0 Å². The second-order valence-electron chi connectivity index (χ2n) is 7.11. The fourth-order valence-electron chi connectivity index (χ4n) is 3.40. The van der Waals surface area contributed by atoms with Crippen molar-refractivity contribution in [1.29, 1.82) is 0 Å². The van der Waals surface area contributed by atoms with Crippen LogP contribution in [0, 0.1) is 0 Å². The van der Waals surface area contributed by atoms with Crippen LogP contribution in [0.1, 0.15) is 24.0 Å². The van der Waals surface area contributed by atoms with Gasteiger partial charge in [-0.3, -0.25) is 19.5 Å². The topological polar surface area (TPSA) is 110 Å². The van der Waals surface area contributed by atoms with Crippen LogP contribution in [0.2, 0.25) is 0 Å². The van der Waals surface area contributed by atoms with Crippen LogP contribution >= 0.6 is 0 Å². The highest BCUT2D eigenvalue weighted by atomic mass is 16.7. The van der Waals surface area contributed by atoms with Gasteiger partial charge in [0.15, 0.2) is 11.5 Å². The van der Waals surface area contributed by atoms with Gasteiger partial charge in [-0.2, -0.15) is 0 Å². The molecule has 4 amide bonds. The molecule has 9 heteroatoms. The molecule has 3 heterocycles. The zero-order valence-corrected chi connectivity index (χ0v) is 16.3. The maximum absolute atomic E-state index is 12.6. The van der Waals surface area contributed by atoms with Gasteiger partial charge in [0.05, 0.1) is 6.54 Å². The third-order valence-corrected chi connectivity index (χ3v) is 5.03. The first-order valence-corrected chi connectivity index (χ1v) is 9.76. The van der Waals surface area contributed by atoms with E-state index in [9.17, 15) is 14.4 Å². The Kier molecular flexibility index (Phi) is 5.78. The molecular formula is C21H22N4O5. The molecule has 2 aliphatic heterocycles. The maximum atomic E-state index is 12.6. The van der Waals surface area contributed by atoms with Gasteiger partial charge >= 0.3 is 6.03 Å². The van der Waals surface area contributed by atoms with E-state index in [1.165, 1.54) is 0 Å². The molecule has 1 aromatic carbocycles. The highest BCUT2D eigenvalue weighted by Gasteiger charge is 2.38. The summed E-state index contributed by atoms with van der Waals surface area (Å²) < 4.78 is 10.6. The Balaban J connectivity index is 1.24. The Morgan fingerprint density at radius 1 is 1.13 bits per heavy atom. The van der Waals surface area contributed by atoms with Gasteiger partial charge in [0.1, 0.15) is 6.04 Å². The van der Waals surface area contributed by atoms with Gasteiger partial charge < -0.3 is 20.1 Å². The molecule has 2 aliphatic rings. The third-order valence-electron chi connectivity index (χ3n) is 5.03. The minimum atomic E-state index is -0.697. The molecule has 1 saturated heterocycles. The summed E-state index contributed by atoms with van der Waals surface area (Å²) >= 11 is 0. The Morgan fingerprint density at radius 2 is 1.93 bits per heavy atom. The summed E-state index contributed by atoms with van der Waals surface area (Å²) in [6, 6.07) is 7.94. The molecule has 0 bridgehead atoms. The van der Waals surface area contributed by atoms with Crippen LogP contribution < -0.4 is 20.1 Å². The number of hydrogen-bond acceptors (Lipinski definition) is 6. The maximum Gasteiger partial charge on any atom is 0.325 e. The summed E-state index contributed by atoms with van der Waals surface area (Å²) in [7, 11) is 0. The minimum Gasteiger partial charge on any atom is -0.454 e. The predicted octanol–water partition coefficient (Wildman–Crippen LogP) is 1.37. The van der Waals surface area contributed by atoms with Crippen LogP contribution in [0.25, 0.3) is 0 Å². The first-order valence-electron chi connectivity index (χ1n) is 9.76. The predicted molar refractivity (Wildman–Crippen MR) is 106 cm³/mol. The number of rotatable bonds is 8. The van der Waals surface area contributed by atoms with Gasteiger partial charge in [0.25, 0.3) is 5.91 Å². The van der Waals surface area contributed by atoms with Crippen molar-refractivity contribution in [3.05, 3.63) is 53.9 Å². The van der Waals surface area contributed by atoms with E-state index in [0.717, 1.165) is 16.0 Å².